The number of carbonyl (C=O) groups is 2. The van der Waals surface area contributed by atoms with E-state index >= 15 is 0 Å². The van der Waals surface area contributed by atoms with E-state index in [1.54, 1.807) is 0 Å². The molecule has 1 aromatic carbocycles. The minimum atomic E-state index is -0.0592. The first-order valence-electron chi connectivity index (χ1n) is 10.0. The van der Waals surface area contributed by atoms with Gasteiger partial charge in [-0.3, -0.25) is 4.79 Å². The highest BCUT2D eigenvalue weighted by Gasteiger charge is 2.51. The maximum Gasteiger partial charge on any atom is 0.315 e. The zero-order valence-electron chi connectivity index (χ0n) is 15.2. The van der Waals surface area contributed by atoms with Crippen LogP contribution in [0.1, 0.15) is 54.4 Å². The Morgan fingerprint density at radius 2 is 1.73 bits per heavy atom. The molecular formula is C21H27N3O2. The Kier molecular flexibility index (Phi) is 3.73. The van der Waals surface area contributed by atoms with E-state index in [9.17, 15) is 9.59 Å². The van der Waals surface area contributed by atoms with Gasteiger partial charge in [0.05, 0.1) is 0 Å². The van der Waals surface area contributed by atoms with Gasteiger partial charge in [0.25, 0.3) is 5.91 Å². The summed E-state index contributed by atoms with van der Waals surface area (Å²) in [6, 6.07) is 7.69. The molecule has 138 valence electrons. The largest absolute Gasteiger partial charge is 0.336 e. The van der Waals surface area contributed by atoms with Gasteiger partial charge >= 0.3 is 6.03 Å². The number of amides is 3. The Bertz CT molecular complexity index is 709. The third-order valence-electron chi connectivity index (χ3n) is 6.98. The summed E-state index contributed by atoms with van der Waals surface area (Å²) < 4.78 is 0. The van der Waals surface area contributed by atoms with Gasteiger partial charge in [-0.2, -0.15) is 0 Å². The van der Waals surface area contributed by atoms with E-state index in [-0.39, 0.29) is 17.5 Å². The van der Waals surface area contributed by atoms with Crippen LogP contribution in [0.5, 0.6) is 0 Å². The summed E-state index contributed by atoms with van der Waals surface area (Å²) in [7, 11) is 0. The third kappa shape index (κ3) is 2.78. The zero-order valence-corrected chi connectivity index (χ0v) is 15.2. The van der Waals surface area contributed by atoms with Gasteiger partial charge in [0, 0.05) is 30.7 Å². The highest BCUT2D eigenvalue weighted by Crippen LogP contribution is 2.55. The predicted octanol–water partition coefficient (Wildman–Crippen LogP) is 2.91. The molecule has 4 fully saturated rings. The summed E-state index contributed by atoms with van der Waals surface area (Å²) in [4.78, 5) is 26.7. The molecule has 4 bridgehead atoms. The Labute approximate surface area is 154 Å². The molecule has 5 nitrogen and oxygen atoms in total. The van der Waals surface area contributed by atoms with E-state index in [1.165, 1.54) is 19.3 Å². The van der Waals surface area contributed by atoms with Crippen molar-refractivity contribution >= 4 is 11.9 Å². The van der Waals surface area contributed by atoms with Gasteiger partial charge in [-0.15, -0.1) is 0 Å². The molecule has 3 amide bonds. The summed E-state index contributed by atoms with van der Waals surface area (Å²) in [5.41, 5.74) is 1.92. The molecule has 1 heterocycles. The normalized spacial score (nSPS) is 34.1. The number of urea groups is 1. The molecule has 26 heavy (non-hydrogen) atoms. The van der Waals surface area contributed by atoms with Gasteiger partial charge in [0.2, 0.25) is 0 Å². The van der Waals surface area contributed by atoms with Crippen LogP contribution >= 0.6 is 0 Å². The van der Waals surface area contributed by atoms with Crippen molar-refractivity contribution in [1.82, 2.24) is 15.5 Å². The minimum absolute atomic E-state index is 0.0402. The first kappa shape index (κ1) is 16.2. The lowest BCUT2D eigenvalue weighted by Crippen LogP contribution is -2.61. The number of nitrogens with one attached hydrogen (secondary N) is 2. The molecule has 5 heteroatoms. The van der Waals surface area contributed by atoms with E-state index in [0.717, 1.165) is 48.1 Å². The predicted molar refractivity (Wildman–Crippen MR) is 98.6 cm³/mol. The molecule has 1 aromatic rings. The van der Waals surface area contributed by atoms with Crippen LogP contribution < -0.4 is 10.6 Å². The Hall–Kier alpha value is -2.04. The van der Waals surface area contributed by atoms with Gasteiger partial charge in [0.15, 0.2) is 0 Å². The van der Waals surface area contributed by atoms with Crippen molar-refractivity contribution in [1.29, 1.82) is 0 Å². The molecule has 6 rings (SSSR count). The van der Waals surface area contributed by atoms with Crippen molar-refractivity contribution in [3.63, 3.8) is 0 Å². The Morgan fingerprint density at radius 3 is 2.38 bits per heavy atom. The average molecular weight is 353 g/mol. The second-order valence-electron chi connectivity index (χ2n) is 8.96. The molecule has 0 unspecified atom stereocenters. The average Bonchev–Trinajstić information content (AvgIpc) is 2.90. The minimum Gasteiger partial charge on any atom is -0.336 e. The van der Waals surface area contributed by atoms with Gasteiger partial charge < -0.3 is 15.5 Å². The summed E-state index contributed by atoms with van der Waals surface area (Å²) in [6.45, 7) is 1.70. The van der Waals surface area contributed by atoms with Gasteiger partial charge in [-0.05, 0) is 67.9 Å². The fraction of sp³-hybridized carbons (Fsp3) is 0.619. The fourth-order valence-corrected chi connectivity index (χ4v) is 6.35. The van der Waals surface area contributed by atoms with Crippen LogP contribution in [-0.4, -0.2) is 35.5 Å². The van der Waals surface area contributed by atoms with Crippen molar-refractivity contribution in [2.45, 2.75) is 50.6 Å². The van der Waals surface area contributed by atoms with Crippen LogP contribution in [0.2, 0.25) is 0 Å². The second kappa shape index (κ2) is 6.00. The SMILES string of the molecule is O=C(NCCN1Cc2ccccc2C1=O)NC12CC3CC(CC(C3)C1)C2. The lowest BCUT2D eigenvalue weighted by molar-refractivity contribution is -0.0135. The summed E-state index contributed by atoms with van der Waals surface area (Å²) >= 11 is 0. The monoisotopic (exact) mass is 353 g/mol. The highest BCUT2D eigenvalue weighted by molar-refractivity contribution is 5.98. The van der Waals surface area contributed by atoms with Gasteiger partial charge in [0.1, 0.15) is 0 Å². The molecule has 5 aliphatic rings. The standard InChI is InChI=1S/C21H27N3O2/c25-19-18-4-2-1-3-17(18)13-24(19)6-5-22-20(26)23-21-10-14-7-15(11-21)9-16(8-14)12-21/h1-4,14-16H,5-13H2,(H2,22,23,26). The van der Waals surface area contributed by atoms with E-state index in [0.29, 0.717) is 19.6 Å². The van der Waals surface area contributed by atoms with Crippen LogP contribution in [0.3, 0.4) is 0 Å². The molecule has 0 saturated heterocycles. The molecule has 0 radical (unpaired) electrons. The molecular weight excluding hydrogens is 326 g/mol. The van der Waals surface area contributed by atoms with E-state index < -0.39 is 0 Å². The number of nitrogens with zero attached hydrogens (tertiary/aromatic N) is 1. The lowest BCUT2D eigenvalue weighted by Gasteiger charge is -2.56. The molecule has 0 spiro atoms. The van der Waals surface area contributed by atoms with Crippen LogP contribution in [0.4, 0.5) is 4.79 Å². The van der Waals surface area contributed by atoms with Crippen LogP contribution in [-0.2, 0) is 6.54 Å². The van der Waals surface area contributed by atoms with E-state index in [1.807, 2.05) is 29.2 Å². The molecule has 4 aliphatic carbocycles. The number of fused-ring (bicyclic) bond motifs is 1. The smallest absolute Gasteiger partial charge is 0.315 e. The van der Waals surface area contributed by atoms with E-state index in [4.69, 9.17) is 0 Å². The number of hydrogen-bond acceptors (Lipinski definition) is 2. The molecule has 4 saturated carbocycles. The van der Waals surface area contributed by atoms with Crippen LogP contribution in [0, 0.1) is 17.8 Å². The summed E-state index contributed by atoms with van der Waals surface area (Å²) in [5, 5.41) is 6.31. The van der Waals surface area contributed by atoms with Crippen molar-refractivity contribution < 1.29 is 9.59 Å². The van der Waals surface area contributed by atoms with Crippen molar-refractivity contribution in [3.05, 3.63) is 35.4 Å². The van der Waals surface area contributed by atoms with Crippen molar-refractivity contribution in [2.75, 3.05) is 13.1 Å². The maximum absolute atomic E-state index is 12.5. The van der Waals surface area contributed by atoms with E-state index in [2.05, 4.69) is 10.6 Å². The Morgan fingerprint density at radius 1 is 1.08 bits per heavy atom. The number of rotatable bonds is 4. The van der Waals surface area contributed by atoms with Gasteiger partial charge in [-0.1, -0.05) is 18.2 Å². The Balaban J connectivity index is 1.13. The first-order valence-corrected chi connectivity index (χ1v) is 10.0. The quantitative estimate of drug-likeness (QED) is 0.874. The number of hydrogen-bond donors (Lipinski definition) is 2. The number of benzene rings is 1. The molecule has 0 atom stereocenters. The summed E-state index contributed by atoms with van der Waals surface area (Å²) in [6.07, 6.45) is 7.60. The maximum atomic E-state index is 12.5. The molecule has 0 aromatic heterocycles. The second-order valence-corrected chi connectivity index (χ2v) is 8.96. The molecule has 2 N–H and O–H groups in total. The lowest BCUT2D eigenvalue weighted by atomic mass is 9.53. The van der Waals surface area contributed by atoms with Crippen molar-refractivity contribution in [2.24, 2.45) is 17.8 Å². The fourth-order valence-electron chi connectivity index (χ4n) is 6.35. The zero-order chi connectivity index (χ0) is 17.7. The third-order valence-corrected chi connectivity index (χ3v) is 6.98. The van der Waals surface area contributed by atoms with Crippen LogP contribution in [0.25, 0.3) is 0 Å². The first-order chi connectivity index (χ1) is 12.6. The highest BCUT2D eigenvalue weighted by atomic mass is 16.2. The summed E-state index contributed by atoms with van der Waals surface area (Å²) in [5.74, 6) is 2.54. The molecule has 1 aliphatic heterocycles. The number of carbonyl (C=O) groups excluding carboxylic acids is 2. The topological polar surface area (TPSA) is 61.4 Å². The van der Waals surface area contributed by atoms with Crippen LogP contribution in [0.15, 0.2) is 24.3 Å². The van der Waals surface area contributed by atoms with Gasteiger partial charge in [-0.25, -0.2) is 4.79 Å². The van der Waals surface area contributed by atoms with Crippen molar-refractivity contribution in [3.8, 4) is 0 Å².